The summed E-state index contributed by atoms with van der Waals surface area (Å²) < 4.78 is 5.69. The molecule has 2 aromatic heterocycles. The van der Waals surface area contributed by atoms with Crippen molar-refractivity contribution >= 4 is 27.4 Å². The van der Waals surface area contributed by atoms with Gasteiger partial charge in [-0.1, -0.05) is 6.92 Å². The second-order valence-electron chi connectivity index (χ2n) is 6.27. The summed E-state index contributed by atoms with van der Waals surface area (Å²) in [5, 5.41) is 4.77. The highest BCUT2D eigenvalue weighted by Gasteiger charge is 2.23. The highest BCUT2D eigenvalue weighted by atomic mass is 32.1. The summed E-state index contributed by atoms with van der Waals surface area (Å²) in [6, 6.07) is 0. The van der Waals surface area contributed by atoms with E-state index in [1.165, 1.54) is 41.5 Å². The molecule has 0 aromatic carbocycles. The number of anilines is 1. The number of fused-ring (bicyclic) bond motifs is 3. The van der Waals surface area contributed by atoms with Crippen molar-refractivity contribution in [2.45, 2.75) is 45.1 Å². The lowest BCUT2D eigenvalue weighted by Crippen LogP contribution is -2.19. The van der Waals surface area contributed by atoms with E-state index in [-0.39, 0.29) is 0 Å². The Hall–Kier alpha value is -1.20. The minimum absolute atomic E-state index is 0.337. The van der Waals surface area contributed by atoms with Gasteiger partial charge < -0.3 is 10.1 Å². The minimum atomic E-state index is 0.337. The fourth-order valence-corrected chi connectivity index (χ4v) is 4.78. The molecule has 1 saturated heterocycles. The molecule has 0 saturated carbocycles. The van der Waals surface area contributed by atoms with Gasteiger partial charge in [-0.2, -0.15) is 0 Å². The third-order valence-corrected chi connectivity index (χ3v) is 5.78. The van der Waals surface area contributed by atoms with Crippen molar-refractivity contribution in [2.24, 2.45) is 5.92 Å². The van der Waals surface area contributed by atoms with E-state index in [4.69, 9.17) is 4.74 Å². The van der Waals surface area contributed by atoms with Crippen LogP contribution < -0.4 is 5.32 Å². The van der Waals surface area contributed by atoms with Crippen molar-refractivity contribution in [3.05, 3.63) is 16.8 Å². The highest BCUT2D eigenvalue weighted by molar-refractivity contribution is 7.19. The lowest BCUT2D eigenvalue weighted by molar-refractivity contribution is 0.120. The van der Waals surface area contributed by atoms with Crippen molar-refractivity contribution in [1.29, 1.82) is 0 Å². The molecule has 112 valence electrons. The van der Waals surface area contributed by atoms with Gasteiger partial charge in [-0.25, -0.2) is 9.97 Å². The second kappa shape index (κ2) is 5.54. The maximum atomic E-state index is 5.69. The summed E-state index contributed by atoms with van der Waals surface area (Å²) in [6.07, 6.45) is 7.99. The molecule has 1 aliphatic heterocycles. The monoisotopic (exact) mass is 303 g/mol. The van der Waals surface area contributed by atoms with E-state index >= 15 is 0 Å². The van der Waals surface area contributed by atoms with Crippen molar-refractivity contribution in [3.63, 3.8) is 0 Å². The number of nitrogens with zero attached hydrogens (tertiary/aromatic N) is 2. The molecule has 0 amide bonds. The predicted octanol–water partition coefficient (Wildman–Crippen LogP) is 3.41. The maximum absolute atomic E-state index is 5.69. The number of nitrogens with one attached hydrogen (secondary N) is 1. The SMILES string of the molecule is C[C@H]1CCc2c(sc3ncnc(NC[C@@H]4CCCO4)c23)C1. The van der Waals surface area contributed by atoms with Gasteiger partial charge in [0.05, 0.1) is 11.5 Å². The van der Waals surface area contributed by atoms with Crippen LogP contribution in [0, 0.1) is 5.92 Å². The summed E-state index contributed by atoms with van der Waals surface area (Å²) in [4.78, 5) is 11.6. The van der Waals surface area contributed by atoms with Crippen molar-refractivity contribution in [3.8, 4) is 0 Å². The molecule has 0 spiro atoms. The van der Waals surface area contributed by atoms with E-state index < -0.39 is 0 Å². The first kappa shape index (κ1) is 13.5. The summed E-state index contributed by atoms with van der Waals surface area (Å²) in [5.74, 6) is 1.80. The Bertz CT molecular complexity index is 648. The third kappa shape index (κ3) is 2.53. The van der Waals surface area contributed by atoms with Gasteiger partial charge in [0.1, 0.15) is 17.0 Å². The van der Waals surface area contributed by atoms with Gasteiger partial charge in [-0.15, -0.1) is 11.3 Å². The van der Waals surface area contributed by atoms with Crippen molar-refractivity contribution < 1.29 is 4.74 Å². The van der Waals surface area contributed by atoms with Crippen LogP contribution in [0.2, 0.25) is 0 Å². The van der Waals surface area contributed by atoms with Crippen LogP contribution in [-0.2, 0) is 17.6 Å². The number of hydrogen-bond acceptors (Lipinski definition) is 5. The molecule has 0 radical (unpaired) electrons. The van der Waals surface area contributed by atoms with Crippen molar-refractivity contribution in [2.75, 3.05) is 18.5 Å². The predicted molar refractivity (Wildman–Crippen MR) is 86.1 cm³/mol. The Morgan fingerprint density at radius 1 is 1.38 bits per heavy atom. The van der Waals surface area contributed by atoms with E-state index in [2.05, 4.69) is 22.2 Å². The number of rotatable bonds is 3. The average Bonchev–Trinajstić information content (AvgIpc) is 3.11. The lowest BCUT2D eigenvalue weighted by Gasteiger charge is -2.18. The van der Waals surface area contributed by atoms with Gasteiger partial charge >= 0.3 is 0 Å². The average molecular weight is 303 g/mol. The summed E-state index contributed by atoms with van der Waals surface area (Å²) in [6.45, 7) is 4.10. The van der Waals surface area contributed by atoms with Gasteiger partial charge in [-0.05, 0) is 43.6 Å². The minimum Gasteiger partial charge on any atom is -0.376 e. The van der Waals surface area contributed by atoms with Crippen LogP contribution >= 0.6 is 11.3 Å². The molecule has 1 N–H and O–H groups in total. The van der Waals surface area contributed by atoms with E-state index in [0.717, 1.165) is 36.1 Å². The summed E-state index contributed by atoms with van der Waals surface area (Å²) in [5.41, 5.74) is 1.49. The first-order chi connectivity index (χ1) is 10.3. The van der Waals surface area contributed by atoms with E-state index in [9.17, 15) is 0 Å². The zero-order valence-electron chi connectivity index (χ0n) is 12.4. The summed E-state index contributed by atoms with van der Waals surface area (Å²) in [7, 11) is 0. The molecule has 1 aliphatic carbocycles. The van der Waals surface area contributed by atoms with Gasteiger partial charge in [0.25, 0.3) is 0 Å². The first-order valence-electron chi connectivity index (χ1n) is 7.92. The van der Waals surface area contributed by atoms with E-state index in [1.807, 2.05) is 11.3 Å². The zero-order valence-corrected chi connectivity index (χ0v) is 13.2. The van der Waals surface area contributed by atoms with Gasteiger partial charge in [0.15, 0.2) is 0 Å². The Kier molecular flexibility index (Phi) is 3.55. The quantitative estimate of drug-likeness (QED) is 0.944. The molecule has 3 heterocycles. The molecular weight excluding hydrogens is 282 g/mol. The van der Waals surface area contributed by atoms with E-state index in [1.54, 1.807) is 6.33 Å². The van der Waals surface area contributed by atoms with E-state index in [0.29, 0.717) is 6.10 Å². The number of aromatic nitrogens is 2. The van der Waals surface area contributed by atoms with Crippen molar-refractivity contribution in [1.82, 2.24) is 9.97 Å². The Morgan fingerprint density at radius 2 is 2.33 bits per heavy atom. The highest BCUT2D eigenvalue weighted by Crippen LogP contribution is 2.39. The molecular formula is C16H21N3OS. The molecule has 1 fully saturated rings. The van der Waals surface area contributed by atoms with Crippen LogP contribution in [0.25, 0.3) is 10.2 Å². The molecule has 0 unspecified atom stereocenters. The molecule has 21 heavy (non-hydrogen) atoms. The molecule has 0 bridgehead atoms. The molecule has 4 rings (SSSR count). The van der Waals surface area contributed by atoms with Crippen LogP contribution in [0.15, 0.2) is 6.33 Å². The van der Waals surface area contributed by atoms with Gasteiger partial charge in [0.2, 0.25) is 0 Å². The number of hydrogen-bond donors (Lipinski definition) is 1. The van der Waals surface area contributed by atoms with Crippen LogP contribution in [0.5, 0.6) is 0 Å². The number of aryl methyl sites for hydroxylation is 1. The molecule has 4 nitrogen and oxygen atoms in total. The fraction of sp³-hybridized carbons (Fsp3) is 0.625. The zero-order chi connectivity index (χ0) is 14.2. The van der Waals surface area contributed by atoms with Gasteiger partial charge in [0, 0.05) is 18.0 Å². The Labute approximate surface area is 128 Å². The summed E-state index contributed by atoms with van der Waals surface area (Å²) >= 11 is 1.85. The first-order valence-corrected chi connectivity index (χ1v) is 8.73. The fourth-order valence-electron chi connectivity index (χ4n) is 3.42. The Morgan fingerprint density at radius 3 is 3.19 bits per heavy atom. The Balaban J connectivity index is 1.65. The second-order valence-corrected chi connectivity index (χ2v) is 7.35. The smallest absolute Gasteiger partial charge is 0.138 e. The standard InChI is InChI=1S/C16H21N3OS/c1-10-4-5-12-13(7-10)21-16-14(12)15(18-9-19-16)17-8-11-3-2-6-20-11/h9-11H,2-8H2,1H3,(H,17,18,19)/t10-,11-/m0/s1. The molecule has 2 atom stereocenters. The largest absolute Gasteiger partial charge is 0.376 e. The maximum Gasteiger partial charge on any atom is 0.138 e. The van der Waals surface area contributed by atoms with Crippen LogP contribution in [0.3, 0.4) is 0 Å². The number of ether oxygens (including phenoxy) is 1. The van der Waals surface area contributed by atoms with Crippen LogP contribution in [0.4, 0.5) is 5.82 Å². The topological polar surface area (TPSA) is 47.0 Å². The van der Waals surface area contributed by atoms with Crippen LogP contribution in [0.1, 0.15) is 36.6 Å². The molecule has 2 aliphatic rings. The normalized spacial score (nSPS) is 25.2. The number of thiophene rings is 1. The third-order valence-electron chi connectivity index (χ3n) is 4.61. The lowest BCUT2D eigenvalue weighted by atomic mass is 9.89. The molecule has 2 aromatic rings. The van der Waals surface area contributed by atoms with Crippen LogP contribution in [-0.4, -0.2) is 29.2 Å². The molecule has 5 heteroatoms. The van der Waals surface area contributed by atoms with Gasteiger partial charge in [-0.3, -0.25) is 0 Å².